The van der Waals surface area contributed by atoms with Crippen LogP contribution in [-0.2, 0) is 16.1 Å². The van der Waals surface area contributed by atoms with Crippen LogP contribution >= 0.6 is 22.7 Å². The van der Waals surface area contributed by atoms with Crippen molar-refractivity contribution in [1.82, 2.24) is 10.6 Å². The van der Waals surface area contributed by atoms with Crippen molar-refractivity contribution in [3.05, 3.63) is 68.5 Å². The second kappa shape index (κ2) is 9.29. The Morgan fingerprint density at radius 2 is 1.79 bits per heavy atom. The highest BCUT2D eigenvalue weighted by molar-refractivity contribution is 7.12. The maximum absolute atomic E-state index is 12.3. The highest BCUT2D eigenvalue weighted by Gasteiger charge is 2.18. The molecule has 3 amide bonds. The number of nitrogens with one attached hydrogen (secondary N) is 2. The van der Waals surface area contributed by atoms with Gasteiger partial charge in [0.15, 0.2) is 6.61 Å². The highest BCUT2D eigenvalue weighted by Crippen LogP contribution is 2.29. The lowest BCUT2D eigenvalue weighted by Crippen LogP contribution is -2.41. The Labute approximate surface area is 170 Å². The van der Waals surface area contributed by atoms with Crippen molar-refractivity contribution < 1.29 is 19.1 Å². The lowest BCUT2D eigenvalue weighted by Gasteiger charge is -2.07. The van der Waals surface area contributed by atoms with Crippen LogP contribution in [0.25, 0.3) is 11.1 Å². The van der Waals surface area contributed by atoms with Crippen LogP contribution in [-0.4, -0.2) is 24.5 Å². The molecule has 2 N–H and O–H groups in total. The van der Waals surface area contributed by atoms with Crippen molar-refractivity contribution in [3.63, 3.8) is 0 Å². The van der Waals surface area contributed by atoms with E-state index in [9.17, 15) is 14.4 Å². The van der Waals surface area contributed by atoms with Gasteiger partial charge in [-0.05, 0) is 35.4 Å². The van der Waals surface area contributed by atoms with E-state index in [1.807, 2.05) is 54.8 Å². The number of amides is 3. The summed E-state index contributed by atoms with van der Waals surface area (Å²) >= 11 is 2.75. The SMILES string of the molecule is Cc1ccc(-c2ccsc2C(=O)OCC(=O)NC(=O)NCc2cccs2)cc1. The molecule has 0 saturated carbocycles. The van der Waals surface area contributed by atoms with E-state index in [0.29, 0.717) is 11.4 Å². The van der Waals surface area contributed by atoms with Crippen LogP contribution in [0, 0.1) is 6.92 Å². The molecule has 0 atom stereocenters. The zero-order chi connectivity index (χ0) is 19.9. The minimum atomic E-state index is -0.689. The molecule has 8 heteroatoms. The number of carbonyl (C=O) groups excluding carboxylic acids is 3. The average Bonchev–Trinajstić information content (AvgIpc) is 3.37. The Morgan fingerprint density at radius 1 is 1.00 bits per heavy atom. The van der Waals surface area contributed by atoms with E-state index >= 15 is 0 Å². The Balaban J connectivity index is 1.50. The summed E-state index contributed by atoms with van der Waals surface area (Å²) < 4.78 is 5.07. The summed E-state index contributed by atoms with van der Waals surface area (Å²) in [5.74, 6) is -1.29. The van der Waals surface area contributed by atoms with Crippen molar-refractivity contribution in [2.45, 2.75) is 13.5 Å². The topological polar surface area (TPSA) is 84.5 Å². The Kier molecular flexibility index (Phi) is 6.57. The summed E-state index contributed by atoms with van der Waals surface area (Å²) in [5, 5.41) is 8.40. The fourth-order valence-corrected chi connectivity index (χ4v) is 3.86. The quantitative estimate of drug-likeness (QED) is 0.598. The molecule has 0 radical (unpaired) electrons. The van der Waals surface area contributed by atoms with Gasteiger partial charge in [0.1, 0.15) is 4.88 Å². The van der Waals surface area contributed by atoms with Gasteiger partial charge in [0, 0.05) is 10.4 Å². The van der Waals surface area contributed by atoms with Gasteiger partial charge in [-0.25, -0.2) is 9.59 Å². The third kappa shape index (κ3) is 5.28. The zero-order valence-electron chi connectivity index (χ0n) is 15.1. The molecule has 3 aromatic rings. The minimum absolute atomic E-state index is 0.325. The Hall–Kier alpha value is -2.97. The molecule has 0 saturated heterocycles. The normalized spacial score (nSPS) is 10.3. The number of benzene rings is 1. The first-order chi connectivity index (χ1) is 13.5. The van der Waals surface area contributed by atoms with Gasteiger partial charge in [-0.2, -0.15) is 0 Å². The van der Waals surface area contributed by atoms with Crippen LogP contribution in [0.2, 0.25) is 0 Å². The molecule has 144 valence electrons. The van der Waals surface area contributed by atoms with Gasteiger partial charge in [-0.15, -0.1) is 22.7 Å². The lowest BCUT2D eigenvalue weighted by atomic mass is 10.1. The predicted octanol–water partition coefficient (Wildman–Crippen LogP) is 3.97. The third-order valence-corrected chi connectivity index (χ3v) is 5.57. The first-order valence-corrected chi connectivity index (χ1v) is 10.2. The molecule has 28 heavy (non-hydrogen) atoms. The number of hydrogen-bond donors (Lipinski definition) is 2. The van der Waals surface area contributed by atoms with E-state index in [1.165, 1.54) is 22.7 Å². The molecule has 0 bridgehead atoms. The van der Waals surface area contributed by atoms with Crippen molar-refractivity contribution in [2.24, 2.45) is 0 Å². The largest absolute Gasteiger partial charge is 0.451 e. The second-order valence-electron chi connectivity index (χ2n) is 5.92. The molecule has 0 aliphatic carbocycles. The zero-order valence-corrected chi connectivity index (χ0v) is 16.7. The van der Waals surface area contributed by atoms with Gasteiger partial charge >= 0.3 is 12.0 Å². The van der Waals surface area contributed by atoms with Crippen LogP contribution in [0.15, 0.2) is 53.2 Å². The van der Waals surface area contributed by atoms with E-state index in [1.54, 1.807) is 5.38 Å². The van der Waals surface area contributed by atoms with Crippen molar-refractivity contribution >= 4 is 40.6 Å². The molecule has 1 aromatic carbocycles. The van der Waals surface area contributed by atoms with Gasteiger partial charge < -0.3 is 10.1 Å². The van der Waals surface area contributed by atoms with E-state index in [0.717, 1.165) is 21.6 Å². The molecule has 2 heterocycles. The van der Waals surface area contributed by atoms with Crippen LogP contribution < -0.4 is 10.6 Å². The molecule has 0 spiro atoms. The number of hydrogen-bond acceptors (Lipinski definition) is 6. The van der Waals surface area contributed by atoms with Gasteiger partial charge in [0.05, 0.1) is 6.54 Å². The van der Waals surface area contributed by atoms with E-state index in [4.69, 9.17) is 4.74 Å². The summed E-state index contributed by atoms with van der Waals surface area (Å²) in [6, 6.07) is 12.7. The number of carbonyl (C=O) groups is 3. The molecular weight excluding hydrogens is 396 g/mol. The summed E-state index contributed by atoms with van der Waals surface area (Å²) in [7, 11) is 0. The van der Waals surface area contributed by atoms with E-state index in [-0.39, 0.29) is 0 Å². The Morgan fingerprint density at radius 3 is 2.50 bits per heavy atom. The standard InChI is InChI=1S/C20H18N2O4S2/c1-13-4-6-14(7-5-13)16-8-10-28-18(16)19(24)26-12-17(23)22-20(25)21-11-15-3-2-9-27-15/h2-10H,11-12H2,1H3,(H2,21,22,23,25). The molecule has 2 aromatic heterocycles. The molecule has 0 fully saturated rings. The fourth-order valence-electron chi connectivity index (χ4n) is 2.41. The molecule has 0 aliphatic rings. The summed E-state index contributed by atoms with van der Waals surface area (Å²) in [5.41, 5.74) is 2.78. The van der Waals surface area contributed by atoms with Crippen LogP contribution in [0.1, 0.15) is 20.1 Å². The first kappa shape index (κ1) is 19.8. The van der Waals surface area contributed by atoms with Crippen molar-refractivity contribution in [3.8, 4) is 11.1 Å². The average molecular weight is 415 g/mol. The third-order valence-electron chi connectivity index (χ3n) is 3.80. The summed E-state index contributed by atoms with van der Waals surface area (Å²) in [4.78, 5) is 37.3. The van der Waals surface area contributed by atoms with E-state index < -0.39 is 24.5 Å². The Bertz CT molecular complexity index is 963. The molecule has 6 nitrogen and oxygen atoms in total. The van der Waals surface area contributed by atoms with Gasteiger partial charge in [0.2, 0.25) is 0 Å². The number of rotatable bonds is 6. The highest BCUT2D eigenvalue weighted by atomic mass is 32.1. The van der Waals surface area contributed by atoms with Gasteiger partial charge in [-0.1, -0.05) is 35.9 Å². The van der Waals surface area contributed by atoms with Crippen LogP contribution in [0.5, 0.6) is 0 Å². The molecule has 0 unspecified atom stereocenters. The number of ether oxygens (including phenoxy) is 1. The number of aryl methyl sites for hydroxylation is 1. The smallest absolute Gasteiger partial charge is 0.349 e. The van der Waals surface area contributed by atoms with E-state index in [2.05, 4.69) is 10.6 Å². The number of thiophene rings is 2. The number of imide groups is 1. The van der Waals surface area contributed by atoms with Gasteiger partial charge in [-0.3, -0.25) is 10.1 Å². The molecule has 3 rings (SSSR count). The fraction of sp³-hybridized carbons (Fsp3) is 0.150. The summed E-state index contributed by atoms with van der Waals surface area (Å²) in [6.07, 6.45) is 0. The van der Waals surface area contributed by atoms with Crippen LogP contribution in [0.4, 0.5) is 4.79 Å². The van der Waals surface area contributed by atoms with Crippen molar-refractivity contribution in [1.29, 1.82) is 0 Å². The summed E-state index contributed by atoms with van der Waals surface area (Å²) in [6.45, 7) is 1.78. The van der Waals surface area contributed by atoms with Gasteiger partial charge in [0.25, 0.3) is 5.91 Å². The molecule has 0 aliphatic heterocycles. The number of urea groups is 1. The number of esters is 1. The van der Waals surface area contributed by atoms with Crippen molar-refractivity contribution in [2.75, 3.05) is 6.61 Å². The molecular formula is C20H18N2O4S2. The minimum Gasteiger partial charge on any atom is -0.451 e. The maximum Gasteiger partial charge on any atom is 0.349 e. The monoisotopic (exact) mass is 414 g/mol. The van der Waals surface area contributed by atoms with Crippen LogP contribution in [0.3, 0.4) is 0 Å². The maximum atomic E-state index is 12.3. The second-order valence-corrected chi connectivity index (χ2v) is 7.86. The lowest BCUT2D eigenvalue weighted by molar-refractivity contribution is -0.123. The predicted molar refractivity (Wildman–Crippen MR) is 109 cm³/mol. The first-order valence-electron chi connectivity index (χ1n) is 8.44.